The first-order valence-corrected chi connectivity index (χ1v) is 10.4. The highest BCUT2D eigenvalue weighted by Crippen LogP contribution is 2.48. The van der Waals surface area contributed by atoms with Crippen LogP contribution in [0.1, 0.15) is 30.1 Å². The molecule has 1 N–H and O–H groups in total. The van der Waals surface area contributed by atoms with Gasteiger partial charge in [-0.2, -0.15) is 13.5 Å². The second kappa shape index (κ2) is 7.35. The molecular formula is C19H17FN2O7S. The van der Waals surface area contributed by atoms with Crippen molar-refractivity contribution in [1.29, 1.82) is 0 Å². The third-order valence-electron chi connectivity index (χ3n) is 5.01. The summed E-state index contributed by atoms with van der Waals surface area (Å²) in [6, 6.07) is 7.64. The first-order valence-electron chi connectivity index (χ1n) is 9.03. The molecule has 1 saturated heterocycles. The van der Waals surface area contributed by atoms with Gasteiger partial charge in [0.1, 0.15) is 11.9 Å². The number of rotatable bonds is 5. The molecule has 11 heteroatoms. The molecule has 2 aromatic rings. The summed E-state index contributed by atoms with van der Waals surface area (Å²) in [5.41, 5.74) is 2.04. The number of benzene rings is 2. The molecule has 2 bridgehead atoms. The van der Waals surface area contributed by atoms with E-state index in [2.05, 4.69) is 4.28 Å². The molecule has 158 valence electrons. The van der Waals surface area contributed by atoms with E-state index in [1.54, 1.807) is 25.1 Å². The molecule has 2 aliphatic heterocycles. The Hall–Kier alpha value is -3.02. The second-order valence-electron chi connectivity index (χ2n) is 6.75. The number of urea groups is 1. The monoisotopic (exact) mass is 436 g/mol. The number of esters is 1. The molecule has 2 atom stereocenters. The third kappa shape index (κ3) is 3.40. The predicted molar refractivity (Wildman–Crippen MR) is 101 cm³/mol. The van der Waals surface area contributed by atoms with Crippen molar-refractivity contribution in [1.82, 2.24) is 9.96 Å². The van der Waals surface area contributed by atoms with Gasteiger partial charge in [-0.25, -0.2) is 14.0 Å². The van der Waals surface area contributed by atoms with Crippen molar-refractivity contribution in [3.05, 3.63) is 59.4 Å². The van der Waals surface area contributed by atoms with Gasteiger partial charge in [-0.15, -0.1) is 4.28 Å². The van der Waals surface area contributed by atoms with Crippen LogP contribution in [0.25, 0.3) is 11.1 Å². The van der Waals surface area contributed by atoms with Gasteiger partial charge in [0, 0.05) is 0 Å². The van der Waals surface area contributed by atoms with Gasteiger partial charge >= 0.3 is 22.4 Å². The van der Waals surface area contributed by atoms with Gasteiger partial charge in [-0.05, 0) is 41.3 Å². The molecule has 0 spiro atoms. The summed E-state index contributed by atoms with van der Waals surface area (Å²) >= 11 is 0. The Morgan fingerprint density at radius 3 is 2.57 bits per heavy atom. The van der Waals surface area contributed by atoms with Gasteiger partial charge in [-0.3, -0.25) is 4.55 Å². The van der Waals surface area contributed by atoms with E-state index in [-0.39, 0.29) is 13.2 Å². The van der Waals surface area contributed by atoms with Crippen LogP contribution in [0.4, 0.5) is 9.18 Å². The quantitative estimate of drug-likeness (QED) is 0.566. The molecule has 1 fully saturated rings. The number of carbonyl (C=O) groups excluding carboxylic acids is 2. The fraction of sp³-hybridized carbons (Fsp3) is 0.263. The van der Waals surface area contributed by atoms with E-state index < -0.39 is 40.3 Å². The molecule has 0 aliphatic carbocycles. The summed E-state index contributed by atoms with van der Waals surface area (Å²) < 4.78 is 54.9. The SMILES string of the molecule is CCOC(=O)[C@H]1c2cccc(-c3ccc(F)cc3)c2[C@@H]2CN1C(=O)N2OS(=O)(=O)O. The number of nitrogens with zero attached hydrogens (tertiary/aromatic N) is 2. The van der Waals surface area contributed by atoms with E-state index in [9.17, 15) is 22.4 Å². The largest absolute Gasteiger partial charge is 0.464 e. The Kier molecular flexibility index (Phi) is 4.96. The number of carbonyl (C=O) groups is 2. The number of fused-ring (bicyclic) bond motifs is 4. The van der Waals surface area contributed by atoms with E-state index in [4.69, 9.17) is 9.29 Å². The van der Waals surface area contributed by atoms with Gasteiger partial charge in [0.2, 0.25) is 0 Å². The van der Waals surface area contributed by atoms with Crippen LogP contribution in [0.2, 0.25) is 0 Å². The summed E-state index contributed by atoms with van der Waals surface area (Å²) in [6.07, 6.45) is 0. The lowest BCUT2D eigenvalue weighted by Crippen LogP contribution is -2.39. The molecule has 2 aromatic carbocycles. The van der Waals surface area contributed by atoms with Gasteiger partial charge < -0.3 is 9.64 Å². The zero-order valence-corrected chi connectivity index (χ0v) is 16.5. The topological polar surface area (TPSA) is 113 Å². The zero-order valence-electron chi connectivity index (χ0n) is 15.7. The van der Waals surface area contributed by atoms with E-state index in [1.165, 1.54) is 24.3 Å². The van der Waals surface area contributed by atoms with Crippen molar-refractivity contribution in [2.75, 3.05) is 13.2 Å². The van der Waals surface area contributed by atoms with Gasteiger partial charge in [0.05, 0.1) is 13.2 Å². The predicted octanol–water partition coefficient (Wildman–Crippen LogP) is 2.62. The minimum absolute atomic E-state index is 0.0664. The molecule has 9 nitrogen and oxygen atoms in total. The van der Waals surface area contributed by atoms with Crippen molar-refractivity contribution in [2.24, 2.45) is 0 Å². The highest BCUT2D eigenvalue weighted by molar-refractivity contribution is 7.80. The maximum absolute atomic E-state index is 13.4. The lowest BCUT2D eigenvalue weighted by Gasteiger charge is -2.32. The minimum Gasteiger partial charge on any atom is -0.464 e. The Morgan fingerprint density at radius 1 is 1.23 bits per heavy atom. The third-order valence-corrected chi connectivity index (χ3v) is 5.35. The lowest BCUT2D eigenvalue weighted by atomic mass is 9.85. The lowest BCUT2D eigenvalue weighted by molar-refractivity contribution is -0.148. The average molecular weight is 436 g/mol. The summed E-state index contributed by atoms with van der Waals surface area (Å²) in [7, 11) is -5.00. The van der Waals surface area contributed by atoms with Crippen LogP contribution in [-0.4, -0.2) is 48.1 Å². The molecule has 4 rings (SSSR count). The highest BCUT2D eigenvalue weighted by Gasteiger charge is 2.53. The maximum atomic E-state index is 13.4. The molecule has 0 saturated carbocycles. The van der Waals surface area contributed by atoms with Crippen molar-refractivity contribution in [3.63, 3.8) is 0 Å². The summed E-state index contributed by atoms with van der Waals surface area (Å²) in [5.74, 6) is -1.12. The van der Waals surface area contributed by atoms with E-state index in [0.717, 1.165) is 4.90 Å². The van der Waals surface area contributed by atoms with Gasteiger partial charge in [-0.1, -0.05) is 30.3 Å². The summed E-state index contributed by atoms with van der Waals surface area (Å²) in [4.78, 5) is 26.7. The maximum Gasteiger partial charge on any atom is 0.418 e. The number of hydrogen-bond donors (Lipinski definition) is 1. The average Bonchev–Trinajstić information content (AvgIpc) is 2.94. The van der Waals surface area contributed by atoms with Crippen LogP contribution in [0.3, 0.4) is 0 Å². The van der Waals surface area contributed by atoms with Crippen LogP contribution in [-0.2, 0) is 24.2 Å². The number of hydroxylamine groups is 2. The second-order valence-corrected chi connectivity index (χ2v) is 7.75. The molecular weight excluding hydrogens is 419 g/mol. The molecule has 0 unspecified atom stereocenters. The summed E-state index contributed by atoms with van der Waals surface area (Å²) in [6.45, 7) is 1.64. The fourth-order valence-electron chi connectivity index (χ4n) is 3.93. The van der Waals surface area contributed by atoms with E-state index in [1.807, 2.05) is 0 Å². The standard InChI is InChI=1S/C19H17FN2O7S/c1-2-28-18(23)17-14-5-3-4-13(11-6-8-12(20)9-7-11)16(14)15-10-21(17)19(24)22(15)29-30(25,26)27/h3-9,15,17H,2,10H2,1H3,(H,25,26,27)/t15-,17+/m0/s1. The molecule has 2 amide bonds. The first-order chi connectivity index (χ1) is 14.2. The van der Waals surface area contributed by atoms with Gasteiger partial charge in [0.25, 0.3) is 0 Å². The minimum atomic E-state index is -5.00. The Bertz CT molecular complexity index is 1120. The first kappa shape index (κ1) is 20.3. The summed E-state index contributed by atoms with van der Waals surface area (Å²) in [5, 5.41) is 0.528. The Labute approximate surface area is 171 Å². The van der Waals surface area contributed by atoms with Crippen molar-refractivity contribution >= 4 is 22.4 Å². The highest BCUT2D eigenvalue weighted by atomic mass is 32.3. The van der Waals surface area contributed by atoms with Crippen LogP contribution in [0.15, 0.2) is 42.5 Å². The van der Waals surface area contributed by atoms with Crippen LogP contribution in [0, 0.1) is 5.82 Å². The van der Waals surface area contributed by atoms with Crippen LogP contribution >= 0.6 is 0 Å². The molecule has 0 aromatic heterocycles. The van der Waals surface area contributed by atoms with Crippen LogP contribution in [0.5, 0.6) is 0 Å². The zero-order chi connectivity index (χ0) is 21.6. The normalized spacial score (nSPS) is 20.3. The Balaban J connectivity index is 1.92. The molecule has 2 heterocycles. The van der Waals surface area contributed by atoms with Crippen LogP contribution < -0.4 is 0 Å². The number of hydrogen-bond acceptors (Lipinski definition) is 6. The van der Waals surface area contributed by atoms with Crippen molar-refractivity contribution in [3.8, 4) is 11.1 Å². The molecule has 2 aliphatic rings. The molecule has 0 radical (unpaired) electrons. The number of amides is 2. The van der Waals surface area contributed by atoms with E-state index in [0.29, 0.717) is 27.3 Å². The number of ether oxygens (including phenoxy) is 1. The van der Waals surface area contributed by atoms with Crippen molar-refractivity contribution in [2.45, 2.75) is 19.0 Å². The Morgan fingerprint density at radius 2 is 1.93 bits per heavy atom. The smallest absolute Gasteiger partial charge is 0.418 e. The van der Waals surface area contributed by atoms with Crippen molar-refractivity contribution < 1.29 is 36.0 Å². The van der Waals surface area contributed by atoms with E-state index >= 15 is 0 Å². The molecule has 30 heavy (non-hydrogen) atoms. The number of halogens is 1. The van der Waals surface area contributed by atoms with Gasteiger partial charge in [0.15, 0.2) is 6.04 Å². The fourth-order valence-corrected chi connectivity index (χ4v) is 4.30.